The van der Waals surface area contributed by atoms with Crippen molar-refractivity contribution in [2.24, 2.45) is 11.8 Å². The third-order valence-electron chi connectivity index (χ3n) is 5.17. The van der Waals surface area contributed by atoms with Gasteiger partial charge in [-0.3, -0.25) is 0 Å². The van der Waals surface area contributed by atoms with Crippen molar-refractivity contribution in [2.75, 3.05) is 0 Å². The molecule has 0 spiro atoms. The minimum atomic E-state index is -0.981. The largest absolute Gasteiger partial charge is 0.478 e. The molecule has 2 aliphatic carbocycles. The van der Waals surface area contributed by atoms with E-state index in [4.69, 9.17) is 14.6 Å². The summed E-state index contributed by atoms with van der Waals surface area (Å²) in [6, 6.07) is 0. The van der Waals surface area contributed by atoms with Crippen LogP contribution in [0.15, 0.2) is 12.7 Å². The zero-order chi connectivity index (χ0) is 14.1. The third-order valence-corrected chi connectivity index (χ3v) is 5.17. The summed E-state index contributed by atoms with van der Waals surface area (Å²) in [5.74, 6) is 0.847. The van der Waals surface area contributed by atoms with Gasteiger partial charge in [0.25, 0.3) is 0 Å². The van der Waals surface area contributed by atoms with E-state index in [0.717, 1.165) is 17.9 Å². The van der Waals surface area contributed by atoms with Crippen LogP contribution in [0.1, 0.15) is 44.9 Å². The van der Waals surface area contributed by atoms with Crippen LogP contribution in [-0.4, -0.2) is 35.5 Å². The van der Waals surface area contributed by atoms with Crippen molar-refractivity contribution in [2.45, 2.75) is 69.4 Å². The van der Waals surface area contributed by atoms with E-state index < -0.39 is 5.97 Å². The second-order valence-electron chi connectivity index (χ2n) is 6.54. The van der Waals surface area contributed by atoms with Gasteiger partial charge in [-0.2, -0.15) is 0 Å². The number of carboxylic acids is 1. The zero-order valence-electron chi connectivity index (χ0n) is 11.9. The average molecular weight is 280 g/mol. The van der Waals surface area contributed by atoms with E-state index in [0.29, 0.717) is 24.4 Å². The van der Waals surface area contributed by atoms with Crippen molar-refractivity contribution in [3.8, 4) is 0 Å². The Hall–Kier alpha value is -0.870. The number of ether oxygens (including phenoxy) is 2. The fourth-order valence-electron chi connectivity index (χ4n) is 3.97. The molecule has 0 aromatic rings. The van der Waals surface area contributed by atoms with E-state index in [1.807, 2.05) is 0 Å². The highest BCUT2D eigenvalue weighted by molar-refractivity contribution is 5.78. The lowest BCUT2D eigenvalue weighted by Gasteiger charge is -2.47. The summed E-state index contributed by atoms with van der Waals surface area (Å²) in [6.45, 7) is 2.96. The molecule has 0 aromatic carbocycles. The minimum Gasteiger partial charge on any atom is -0.478 e. The maximum atomic E-state index is 9.25. The molecule has 20 heavy (non-hydrogen) atoms. The molecule has 5 aliphatic rings. The number of hydrogen-bond donors (Lipinski definition) is 1. The molecule has 2 saturated carbocycles. The lowest BCUT2D eigenvalue weighted by molar-refractivity contribution is -0.188. The predicted molar refractivity (Wildman–Crippen MR) is 74.5 cm³/mol. The lowest BCUT2D eigenvalue weighted by atomic mass is 9.73. The summed E-state index contributed by atoms with van der Waals surface area (Å²) in [5.41, 5.74) is 0. The topological polar surface area (TPSA) is 59.1 Å². The number of carboxylic acid groups (broad SMARTS) is 1. The Morgan fingerprint density at radius 1 is 1.10 bits per heavy atom. The van der Waals surface area contributed by atoms with Gasteiger partial charge >= 0.3 is 5.97 Å². The van der Waals surface area contributed by atoms with Crippen molar-refractivity contribution in [1.29, 1.82) is 0 Å². The maximum Gasteiger partial charge on any atom is 0.327 e. The second kappa shape index (κ2) is 5.86. The zero-order valence-corrected chi connectivity index (χ0v) is 11.9. The van der Waals surface area contributed by atoms with Gasteiger partial charge in [0.1, 0.15) is 0 Å². The van der Waals surface area contributed by atoms with Crippen LogP contribution in [0.3, 0.4) is 0 Å². The molecule has 5 rings (SSSR count). The first-order valence-corrected chi connectivity index (χ1v) is 7.82. The molecule has 3 aliphatic heterocycles. The summed E-state index contributed by atoms with van der Waals surface area (Å²) in [4.78, 5) is 9.25. The number of aliphatic carboxylic acids is 1. The maximum absolute atomic E-state index is 9.25. The Kier molecular flexibility index (Phi) is 4.13. The summed E-state index contributed by atoms with van der Waals surface area (Å²) < 4.78 is 11.4. The second-order valence-corrected chi connectivity index (χ2v) is 6.54. The van der Waals surface area contributed by atoms with Crippen molar-refractivity contribution in [1.82, 2.24) is 0 Å². The molecule has 6 atom stereocenters. The molecule has 4 nitrogen and oxygen atoms in total. The van der Waals surface area contributed by atoms with Crippen LogP contribution in [-0.2, 0) is 14.3 Å². The predicted octanol–water partition coefficient (Wildman–Crippen LogP) is 2.77. The first kappa shape index (κ1) is 14.1. The molecule has 6 unspecified atom stereocenters. The fourth-order valence-corrected chi connectivity index (χ4v) is 3.97. The molecule has 5 fully saturated rings. The van der Waals surface area contributed by atoms with Gasteiger partial charge in [0.2, 0.25) is 0 Å². The average Bonchev–Trinajstić information content (AvgIpc) is 3.17. The van der Waals surface area contributed by atoms with Crippen molar-refractivity contribution in [3.05, 3.63) is 12.7 Å². The van der Waals surface area contributed by atoms with Crippen molar-refractivity contribution >= 4 is 5.97 Å². The molecule has 112 valence electrons. The molecule has 0 radical (unpaired) electrons. The SMILES string of the molecule is C1CC2OC2CC1CC1CCC2CC1O2.C=CC(=O)O. The van der Waals surface area contributed by atoms with Gasteiger partial charge in [-0.05, 0) is 50.4 Å². The molecule has 4 heteroatoms. The molecule has 3 heterocycles. The molecule has 3 saturated heterocycles. The highest BCUT2D eigenvalue weighted by atomic mass is 16.6. The summed E-state index contributed by atoms with van der Waals surface area (Å²) in [6.07, 6.45) is 13.1. The highest BCUT2D eigenvalue weighted by Gasteiger charge is 2.46. The van der Waals surface area contributed by atoms with Gasteiger partial charge in [-0.15, -0.1) is 0 Å². The number of hydrogen-bond acceptors (Lipinski definition) is 3. The van der Waals surface area contributed by atoms with E-state index in [1.165, 1.54) is 44.9 Å². The van der Waals surface area contributed by atoms with E-state index in [1.54, 1.807) is 0 Å². The first-order chi connectivity index (χ1) is 9.65. The molecular weight excluding hydrogens is 256 g/mol. The molecular formula is C16H24O4. The monoisotopic (exact) mass is 280 g/mol. The first-order valence-electron chi connectivity index (χ1n) is 7.82. The Labute approximate surface area is 120 Å². The third kappa shape index (κ3) is 3.23. The highest BCUT2D eigenvalue weighted by Crippen LogP contribution is 2.46. The summed E-state index contributed by atoms with van der Waals surface area (Å²) in [5, 5.41) is 7.60. The van der Waals surface area contributed by atoms with Gasteiger partial charge in [0.15, 0.2) is 0 Å². The fraction of sp³-hybridized carbons (Fsp3) is 0.812. The van der Waals surface area contributed by atoms with Crippen LogP contribution in [0.4, 0.5) is 0 Å². The number of fused-ring (bicyclic) bond motifs is 3. The minimum absolute atomic E-state index is 0.640. The van der Waals surface area contributed by atoms with E-state index >= 15 is 0 Å². The van der Waals surface area contributed by atoms with Crippen LogP contribution in [0.5, 0.6) is 0 Å². The van der Waals surface area contributed by atoms with Gasteiger partial charge < -0.3 is 14.6 Å². The van der Waals surface area contributed by atoms with Gasteiger partial charge in [0, 0.05) is 12.5 Å². The van der Waals surface area contributed by atoms with Crippen LogP contribution in [0.25, 0.3) is 0 Å². The van der Waals surface area contributed by atoms with E-state index in [-0.39, 0.29) is 0 Å². The van der Waals surface area contributed by atoms with Crippen molar-refractivity contribution in [3.63, 3.8) is 0 Å². The van der Waals surface area contributed by atoms with Crippen LogP contribution < -0.4 is 0 Å². The Bertz CT molecular complexity index is 372. The van der Waals surface area contributed by atoms with E-state index in [2.05, 4.69) is 6.58 Å². The quantitative estimate of drug-likeness (QED) is 0.638. The van der Waals surface area contributed by atoms with Gasteiger partial charge in [-0.25, -0.2) is 4.79 Å². The van der Waals surface area contributed by atoms with Crippen molar-refractivity contribution < 1.29 is 19.4 Å². The van der Waals surface area contributed by atoms with Gasteiger partial charge in [-0.1, -0.05) is 6.58 Å². The number of carbonyl (C=O) groups is 1. The molecule has 0 amide bonds. The summed E-state index contributed by atoms with van der Waals surface area (Å²) >= 11 is 0. The Morgan fingerprint density at radius 3 is 2.40 bits per heavy atom. The number of epoxide rings is 1. The van der Waals surface area contributed by atoms with Gasteiger partial charge in [0.05, 0.1) is 24.4 Å². The molecule has 1 N–H and O–H groups in total. The summed E-state index contributed by atoms with van der Waals surface area (Å²) in [7, 11) is 0. The smallest absolute Gasteiger partial charge is 0.327 e. The lowest BCUT2D eigenvalue weighted by Crippen LogP contribution is -2.48. The molecule has 0 aromatic heterocycles. The normalized spacial score (nSPS) is 44.2. The van der Waals surface area contributed by atoms with Crippen LogP contribution in [0, 0.1) is 11.8 Å². The Morgan fingerprint density at radius 2 is 1.85 bits per heavy atom. The van der Waals surface area contributed by atoms with Crippen LogP contribution >= 0.6 is 0 Å². The number of rotatable bonds is 3. The van der Waals surface area contributed by atoms with Crippen LogP contribution in [0.2, 0.25) is 0 Å². The van der Waals surface area contributed by atoms with E-state index in [9.17, 15) is 4.79 Å². The standard InChI is InChI=1S/C13H20O2.C3H4O2/c1-4-11-13(15-11)6-8(1)5-9-2-3-10-7-12(9)14-10;1-2-3(4)5/h8-13H,1-7H2;2H,1H2,(H,4,5). The molecule has 2 bridgehead atoms. The Balaban J connectivity index is 0.000000213.